The summed E-state index contributed by atoms with van der Waals surface area (Å²) in [4.78, 5) is 16.1. The average molecular weight is 434 g/mol. The summed E-state index contributed by atoms with van der Waals surface area (Å²) in [7, 11) is -3.72. The van der Waals surface area contributed by atoms with Crippen LogP contribution in [0.5, 0.6) is 5.88 Å². The maximum atomic E-state index is 12.7. The predicted octanol–water partition coefficient (Wildman–Crippen LogP) is 2.27. The third kappa shape index (κ3) is 6.25. The lowest BCUT2D eigenvalue weighted by Crippen LogP contribution is -2.47. The summed E-state index contributed by atoms with van der Waals surface area (Å²) in [6.07, 6.45) is 2.84. The predicted molar refractivity (Wildman–Crippen MR) is 112 cm³/mol. The van der Waals surface area contributed by atoms with E-state index in [0.29, 0.717) is 31.9 Å². The van der Waals surface area contributed by atoms with Crippen LogP contribution in [0.4, 0.5) is 0 Å². The lowest BCUT2D eigenvalue weighted by atomic mass is 10.0. The number of ether oxygens (including phenoxy) is 2. The van der Waals surface area contributed by atoms with Gasteiger partial charge in [-0.1, -0.05) is 30.3 Å². The zero-order chi connectivity index (χ0) is 21.4. The van der Waals surface area contributed by atoms with Crippen molar-refractivity contribution < 1.29 is 22.7 Å². The van der Waals surface area contributed by atoms with Crippen molar-refractivity contribution in [3.63, 3.8) is 0 Å². The van der Waals surface area contributed by atoms with Gasteiger partial charge in [0.2, 0.25) is 5.88 Å². The zero-order valence-electron chi connectivity index (χ0n) is 17.0. The van der Waals surface area contributed by atoms with E-state index in [1.165, 1.54) is 4.31 Å². The van der Waals surface area contributed by atoms with E-state index in [0.717, 1.165) is 11.1 Å². The van der Waals surface area contributed by atoms with Gasteiger partial charge in [-0.25, -0.2) is 4.98 Å². The van der Waals surface area contributed by atoms with Crippen molar-refractivity contribution in [2.24, 2.45) is 5.92 Å². The van der Waals surface area contributed by atoms with Gasteiger partial charge >= 0.3 is 5.97 Å². The van der Waals surface area contributed by atoms with Crippen molar-refractivity contribution in [1.29, 1.82) is 0 Å². The Morgan fingerprint density at radius 1 is 1.23 bits per heavy atom. The first-order valence-electron chi connectivity index (χ1n) is 10.0. The zero-order valence-corrected chi connectivity index (χ0v) is 17.8. The number of nitrogens with zero attached hydrogens (tertiary/aromatic N) is 2. The molecule has 1 aromatic carbocycles. The van der Waals surface area contributed by atoms with Crippen molar-refractivity contribution in [1.82, 2.24) is 14.0 Å². The Morgan fingerprint density at radius 2 is 2.03 bits per heavy atom. The van der Waals surface area contributed by atoms with E-state index in [1.54, 1.807) is 25.3 Å². The molecule has 1 aromatic heterocycles. The van der Waals surface area contributed by atoms with Crippen LogP contribution in [0.2, 0.25) is 0 Å². The highest BCUT2D eigenvalue weighted by atomic mass is 32.2. The van der Waals surface area contributed by atoms with Gasteiger partial charge in [0.05, 0.1) is 12.5 Å². The molecule has 0 aliphatic carbocycles. The molecule has 8 nitrogen and oxygen atoms in total. The SMILES string of the molecule is CCOC(=O)[C@H]1CCCN(S(=O)(=O)NCc2ccnc(OCc3ccccc3)c2)C1. The Labute approximate surface area is 177 Å². The number of aromatic nitrogens is 1. The minimum absolute atomic E-state index is 0.104. The van der Waals surface area contributed by atoms with E-state index in [4.69, 9.17) is 9.47 Å². The first-order valence-corrected chi connectivity index (χ1v) is 11.4. The maximum absolute atomic E-state index is 12.7. The number of piperidine rings is 1. The summed E-state index contributed by atoms with van der Waals surface area (Å²) in [6, 6.07) is 13.2. The van der Waals surface area contributed by atoms with Crippen LogP contribution in [-0.2, 0) is 32.9 Å². The molecule has 1 fully saturated rings. The van der Waals surface area contributed by atoms with Crippen molar-refractivity contribution in [2.45, 2.75) is 32.9 Å². The van der Waals surface area contributed by atoms with E-state index >= 15 is 0 Å². The van der Waals surface area contributed by atoms with Gasteiger partial charge in [0.25, 0.3) is 10.2 Å². The Bertz CT molecular complexity index is 937. The molecule has 30 heavy (non-hydrogen) atoms. The molecule has 0 saturated carbocycles. The van der Waals surface area contributed by atoms with Crippen LogP contribution < -0.4 is 9.46 Å². The average Bonchev–Trinajstić information content (AvgIpc) is 2.78. The summed E-state index contributed by atoms with van der Waals surface area (Å²) in [6.45, 7) is 3.03. The number of esters is 1. The van der Waals surface area contributed by atoms with Crippen LogP contribution in [0.15, 0.2) is 48.7 Å². The van der Waals surface area contributed by atoms with Gasteiger partial charge in [0.1, 0.15) is 6.61 Å². The number of hydrogen-bond acceptors (Lipinski definition) is 6. The number of rotatable bonds is 9. The van der Waals surface area contributed by atoms with Crippen LogP contribution in [0, 0.1) is 5.92 Å². The van der Waals surface area contributed by atoms with Gasteiger partial charge < -0.3 is 9.47 Å². The molecule has 3 rings (SSSR count). The van der Waals surface area contributed by atoms with Gasteiger partial charge in [0, 0.05) is 31.9 Å². The lowest BCUT2D eigenvalue weighted by Gasteiger charge is -2.30. The molecule has 1 aliphatic heterocycles. The van der Waals surface area contributed by atoms with E-state index in [-0.39, 0.29) is 25.7 Å². The van der Waals surface area contributed by atoms with Crippen LogP contribution in [0.1, 0.15) is 30.9 Å². The van der Waals surface area contributed by atoms with Crippen molar-refractivity contribution >= 4 is 16.2 Å². The summed E-state index contributed by atoms with van der Waals surface area (Å²) in [5.41, 5.74) is 1.75. The third-order valence-electron chi connectivity index (χ3n) is 4.83. The van der Waals surface area contributed by atoms with Crippen LogP contribution in [-0.4, -0.2) is 43.4 Å². The molecular weight excluding hydrogens is 406 g/mol. The Kier molecular flexibility index (Phi) is 7.78. The first-order chi connectivity index (χ1) is 14.5. The molecule has 1 saturated heterocycles. The molecule has 162 valence electrons. The van der Waals surface area contributed by atoms with Crippen LogP contribution in [0.3, 0.4) is 0 Å². The van der Waals surface area contributed by atoms with Crippen LogP contribution in [0.25, 0.3) is 0 Å². The lowest BCUT2D eigenvalue weighted by molar-refractivity contribution is -0.149. The molecule has 0 radical (unpaired) electrons. The molecular formula is C21H27N3O5S. The molecule has 9 heteroatoms. The summed E-state index contributed by atoms with van der Waals surface area (Å²) in [5.74, 6) is -0.336. The Morgan fingerprint density at radius 3 is 2.80 bits per heavy atom. The number of nitrogens with one attached hydrogen (secondary N) is 1. The van der Waals surface area contributed by atoms with Gasteiger partial charge in [-0.15, -0.1) is 0 Å². The van der Waals surface area contributed by atoms with Gasteiger partial charge in [-0.05, 0) is 37.0 Å². The van der Waals surface area contributed by atoms with Crippen molar-refractivity contribution in [2.75, 3.05) is 19.7 Å². The molecule has 0 amide bonds. The van der Waals surface area contributed by atoms with Gasteiger partial charge in [-0.3, -0.25) is 4.79 Å². The normalized spacial score (nSPS) is 17.4. The fourth-order valence-corrected chi connectivity index (χ4v) is 4.53. The molecule has 0 spiro atoms. The number of pyridine rings is 1. The smallest absolute Gasteiger partial charge is 0.310 e. The van der Waals surface area contributed by atoms with E-state index in [2.05, 4.69) is 9.71 Å². The van der Waals surface area contributed by atoms with Crippen molar-refractivity contribution in [3.05, 3.63) is 59.8 Å². The Hall–Kier alpha value is -2.49. The number of carbonyl (C=O) groups is 1. The molecule has 1 aliphatic rings. The highest BCUT2D eigenvalue weighted by Crippen LogP contribution is 2.20. The molecule has 0 unspecified atom stereocenters. The minimum atomic E-state index is -3.72. The molecule has 2 heterocycles. The standard InChI is InChI=1S/C21H27N3O5S/c1-2-28-21(25)19-9-6-12-24(15-19)30(26,27)23-14-18-10-11-22-20(13-18)29-16-17-7-4-3-5-8-17/h3-5,7-8,10-11,13,19,23H,2,6,9,12,14-16H2,1H3/t19-/m0/s1. The third-order valence-corrected chi connectivity index (χ3v) is 6.35. The molecule has 0 bridgehead atoms. The summed E-state index contributed by atoms with van der Waals surface area (Å²) >= 11 is 0. The molecule has 1 atom stereocenters. The number of carbonyl (C=O) groups excluding carboxylic acids is 1. The number of hydrogen-bond donors (Lipinski definition) is 1. The second kappa shape index (κ2) is 10.5. The topological polar surface area (TPSA) is 97.8 Å². The first kappa shape index (κ1) is 22.2. The summed E-state index contributed by atoms with van der Waals surface area (Å²) < 4.78 is 40.0. The highest BCUT2D eigenvalue weighted by molar-refractivity contribution is 7.87. The molecule has 2 aromatic rings. The second-order valence-corrected chi connectivity index (χ2v) is 8.81. The van der Waals surface area contributed by atoms with Gasteiger partial charge in [-0.2, -0.15) is 17.4 Å². The quantitative estimate of drug-likeness (QED) is 0.609. The molecule has 1 N–H and O–H groups in total. The van der Waals surface area contributed by atoms with E-state index < -0.39 is 16.1 Å². The Balaban J connectivity index is 1.55. The largest absolute Gasteiger partial charge is 0.473 e. The van der Waals surface area contributed by atoms with E-state index in [9.17, 15) is 13.2 Å². The maximum Gasteiger partial charge on any atom is 0.310 e. The second-order valence-electron chi connectivity index (χ2n) is 7.05. The van der Waals surface area contributed by atoms with Crippen LogP contribution >= 0.6 is 0 Å². The summed E-state index contributed by atoms with van der Waals surface area (Å²) in [5, 5.41) is 0. The highest BCUT2D eigenvalue weighted by Gasteiger charge is 2.32. The monoisotopic (exact) mass is 433 g/mol. The van der Waals surface area contributed by atoms with E-state index in [1.807, 2.05) is 30.3 Å². The fourth-order valence-electron chi connectivity index (χ4n) is 3.25. The minimum Gasteiger partial charge on any atom is -0.473 e. The number of benzene rings is 1. The van der Waals surface area contributed by atoms with Gasteiger partial charge in [0.15, 0.2) is 0 Å². The van der Waals surface area contributed by atoms with Crippen molar-refractivity contribution in [3.8, 4) is 5.88 Å². The fraction of sp³-hybridized carbons (Fsp3) is 0.429.